The molecular formula is C15H22N2O2+. The number of hydrogen-bond donors (Lipinski definition) is 0. The summed E-state index contributed by atoms with van der Waals surface area (Å²) in [4.78, 5) is 0. The molecule has 1 aromatic rings. The summed E-state index contributed by atoms with van der Waals surface area (Å²) in [7, 11) is 3.61. The van der Waals surface area contributed by atoms with Gasteiger partial charge in [-0.1, -0.05) is 5.06 Å². The molecule has 1 aromatic carbocycles. The van der Waals surface area contributed by atoms with Crippen LogP contribution in [0, 0.1) is 0 Å². The Morgan fingerprint density at radius 3 is 2.00 bits per heavy atom. The number of ether oxygens (including phenoxy) is 1. The highest BCUT2D eigenvalue weighted by molar-refractivity contribution is 5.95. The molecule has 0 atom stereocenters. The van der Waals surface area contributed by atoms with Gasteiger partial charge in [0.15, 0.2) is 5.54 Å². The lowest BCUT2D eigenvalue weighted by atomic mass is 9.83. The van der Waals surface area contributed by atoms with Gasteiger partial charge < -0.3 is 4.74 Å². The van der Waals surface area contributed by atoms with Crippen molar-refractivity contribution in [1.29, 1.82) is 0 Å². The Labute approximate surface area is 114 Å². The lowest BCUT2D eigenvalue weighted by molar-refractivity contribution is -0.573. The maximum atomic E-state index is 12.6. The van der Waals surface area contributed by atoms with E-state index in [1.54, 1.807) is 7.11 Å². The van der Waals surface area contributed by atoms with E-state index in [4.69, 9.17) is 4.74 Å². The fourth-order valence-electron chi connectivity index (χ4n) is 2.38. The zero-order chi connectivity index (χ0) is 14.4. The molecule has 1 aliphatic rings. The van der Waals surface area contributed by atoms with Gasteiger partial charge in [0, 0.05) is 5.21 Å². The van der Waals surface area contributed by atoms with Gasteiger partial charge in [0.05, 0.1) is 19.7 Å². The summed E-state index contributed by atoms with van der Waals surface area (Å²) in [6, 6.07) is 7.60. The molecular weight excluding hydrogens is 240 g/mol. The van der Waals surface area contributed by atoms with Crippen molar-refractivity contribution < 1.29 is 14.5 Å². The fourth-order valence-corrected chi connectivity index (χ4v) is 2.38. The topological polar surface area (TPSA) is 35.4 Å². The predicted octanol–water partition coefficient (Wildman–Crippen LogP) is 2.30. The lowest BCUT2D eigenvalue weighted by Gasteiger charge is -2.30. The first-order valence-electron chi connectivity index (χ1n) is 6.46. The van der Waals surface area contributed by atoms with E-state index in [0.29, 0.717) is 5.84 Å². The molecule has 4 nitrogen and oxygen atoms in total. The third-order valence-corrected chi connectivity index (χ3v) is 4.70. The third-order valence-electron chi connectivity index (χ3n) is 4.70. The van der Waals surface area contributed by atoms with Crippen LogP contribution in [0.15, 0.2) is 24.3 Å². The first kappa shape index (κ1) is 13.9. The highest BCUT2D eigenvalue weighted by Crippen LogP contribution is 2.37. The zero-order valence-electron chi connectivity index (χ0n) is 12.5. The van der Waals surface area contributed by atoms with E-state index in [1.165, 1.54) is 0 Å². The first-order chi connectivity index (χ1) is 8.73. The molecule has 1 heterocycles. The van der Waals surface area contributed by atoms with Crippen molar-refractivity contribution in [3.63, 3.8) is 0 Å². The number of amidine groups is 1. The molecule has 0 bridgehead atoms. The van der Waals surface area contributed by atoms with Crippen molar-refractivity contribution in [2.75, 3.05) is 14.2 Å². The standard InChI is InChI=1S/C15H22N2O2/c1-14(2)15(3,4)17(18)13(16(14)5)11-7-9-12(19-6)10-8-11/h7-10H,1-6H3/q+1. The quantitative estimate of drug-likeness (QED) is 0.767. The Kier molecular flexibility index (Phi) is 3.09. The van der Waals surface area contributed by atoms with Crippen LogP contribution >= 0.6 is 0 Å². The number of hydrogen-bond acceptors (Lipinski definition) is 2. The summed E-state index contributed by atoms with van der Waals surface area (Å²) in [6.07, 6.45) is 0. The smallest absolute Gasteiger partial charge is 0.313 e. The monoisotopic (exact) mass is 262 g/mol. The number of methoxy groups -OCH3 is 1. The summed E-state index contributed by atoms with van der Waals surface area (Å²) in [6.45, 7) is 8.14. The van der Waals surface area contributed by atoms with Crippen molar-refractivity contribution in [3.05, 3.63) is 29.8 Å². The minimum Gasteiger partial charge on any atom is -0.497 e. The van der Waals surface area contributed by atoms with Crippen LogP contribution in [0.5, 0.6) is 5.75 Å². The number of likely N-dealkylation sites (N-methyl/N-ethyl adjacent to an activating group) is 1. The van der Waals surface area contributed by atoms with Gasteiger partial charge in [0.2, 0.25) is 0 Å². The maximum Gasteiger partial charge on any atom is 0.313 e. The van der Waals surface area contributed by atoms with Crippen LogP contribution in [-0.2, 0) is 5.21 Å². The van der Waals surface area contributed by atoms with E-state index >= 15 is 0 Å². The molecule has 0 unspecified atom stereocenters. The molecule has 19 heavy (non-hydrogen) atoms. The molecule has 0 saturated heterocycles. The minimum atomic E-state index is -0.475. The molecule has 2 rings (SSSR count). The van der Waals surface area contributed by atoms with Crippen molar-refractivity contribution in [1.82, 2.24) is 5.06 Å². The van der Waals surface area contributed by atoms with Crippen LogP contribution in [0.1, 0.15) is 33.3 Å². The zero-order valence-corrected chi connectivity index (χ0v) is 12.5. The van der Waals surface area contributed by atoms with E-state index < -0.39 is 5.54 Å². The number of nitrogens with zero attached hydrogens (tertiary/aromatic N) is 2. The molecule has 4 heteroatoms. The van der Waals surface area contributed by atoms with E-state index in [0.717, 1.165) is 16.4 Å². The Morgan fingerprint density at radius 1 is 1.11 bits per heavy atom. The summed E-state index contributed by atoms with van der Waals surface area (Å²) < 4.78 is 7.21. The average Bonchev–Trinajstić information content (AvgIpc) is 2.49. The third kappa shape index (κ3) is 1.82. The van der Waals surface area contributed by atoms with Crippen molar-refractivity contribution in [2.24, 2.45) is 0 Å². The molecule has 0 aliphatic carbocycles. The van der Waals surface area contributed by atoms with E-state index in [1.807, 2.05) is 45.2 Å². The summed E-state index contributed by atoms with van der Waals surface area (Å²) >= 11 is 0. The van der Waals surface area contributed by atoms with E-state index in [2.05, 4.69) is 18.4 Å². The van der Waals surface area contributed by atoms with Crippen molar-refractivity contribution >= 4 is 5.84 Å². The summed E-state index contributed by atoms with van der Waals surface area (Å²) in [5, 5.41) is 13.7. The Balaban J connectivity index is 2.52. The Morgan fingerprint density at radius 2 is 1.63 bits per heavy atom. The van der Waals surface area contributed by atoms with Gasteiger partial charge in [0.1, 0.15) is 11.3 Å². The van der Waals surface area contributed by atoms with Gasteiger partial charge in [-0.05, 0) is 52.0 Å². The molecule has 1 aliphatic heterocycles. The van der Waals surface area contributed by atoms with Gasteiger partial charge in [-0.2, -0.15) is 0 Å². The largest absolute Gasteiger partial charge is 0.497 e. The predicted molar refractivity (Wildman–Crippen MR) is 74.0 cm³/mol. The van der Waals surface area contributed by atoms with Crippen LogP contribution in [0.25, 0.3) is 0 Å². The van der Waals surface area contributed by atoms with E-state index in [-0.39, 0.29) is 5.54 Å². The van der Waals surface area contributed by atoms with E-state index in [9.17, 15) is 5.21 Å². The maximum absolute atomic E-state index is 12.6. The van der Waals surface area contributed by atoms with Gasteiger partial charge >= 0.3 is 5.84 Å². The second kappa shape index (κ2) is 4.23. The summed E-state index contributed by atoms with van der Waals surface area (Å²) in [5.74, 6) is 1.50. The van der Waals surface area contributed by atoms with Crippen molar-refractivity contribution in [3.8, 4) is 5.75 Å². The van der Waals surface area contributed by atoms with Crippen molar-refractivity contribution in [2.45, 2.75) is 38.8 Å². The van der Waals surface area contributed by atoms with Crippen LogP contribution in [0.3, 0.4) is 0 Å². The highest BCUT2D eigenvalue weighted by atomic mass is 16.5. The second-order valence-corrected chi connectivity index (χ2v) is 6.02. The highest BCUT2D eigenvalue weighted by Gasteiger charge is 2.60. The molecule has 1 radical (unpaired) electrons. The average molecular weight is 262 g/mol. The summed E-state index contributed by atoms with van der Waals surface area (Å²) in [5.41, 5.74) is 0.207. The molecule has 0 N–H and O–H groups in total. The number of hydroxylamine groups is 2. The molecule has 0 amide bonds. The minimum absolute atomic E-state index is 0.232. The molecule has 103 valence electrons. The molecule has 0 fully saturated rings. The number of rotatable bonds is 2. The van der Waals surface area contributed by atoms with Gasteiger partial charge in [-0.25, -0.2) is 0 Å². The van der Waals surface area contributed by atoms with Crippen LogP contribution in [-0.4, -0.2) is 40.7 Å². The Hall–Kier alpha value is -1.55. The van der Waals surface area contributed by atoms with Gasteiger partial charge in [-0.15, -0.1) is 0 Å². The second-order valence-electron chi connectivity index (χ2n) is 6.02. The number of benzene rings is 1. The molecule has 0 spiro atoms. The molecule has 0 saturated carbocycles. The first-order valence-corrected chi connectivity index (χ1v) is 6.46. The SMILES string of the molecule is COc1ccc(C2=[N+](C)C(C)(C)C(C)(C)N2[O])cc1. The normalized spacial score (nSPS) is 20.9. The fraction of sp³-hybridized carbons (Fsp3) is 0.533. The molecule has 0 aromatic heterocycles. The lowest BCUT2D eigenvalue weighted by Crippen LogP contribution is -2.53. The van der Waals surface area contributed by atoms with Gasteiger partial charge in [-0.3, -0.25) is 4.58 Å². The van der Waals surface area contributed by atoms with Crippen LogP contribution in [0.2, 0.25) is 0 Å². The van der Waals surface area contributed by atoms with Crippen LogP contribution < -0.4 is 4.74 Å². The van der Waals surface area contributed by atoms with Gasteiger partial charge in [0.25, 0.3) is 0 Å². The van der Waals surface area contributed by atoms with Crippen LogP contribution in [0.4, 0.5) is 0 Å². The Bertz CT molecular complexity index is 515.